The molecule has 0 aliphatic carbocycles. The van der Waals surface area contributed by atoms with Crippen molar-refractivity contribution in [2.24, 2.45) is 10.7 Å². The van der Waals surface area contributed by atoms with Crippen LogP contribution in [-0.2, 0) is 10.3 Å². The van der Waals surface area contributed by atoms with Gasteiger partial charge >= 0.3 is 6.36 Å². The number of halogens is 3. The molecule has 1 atom stereocenters. The number of nitrogens with two attached hydrogens (primary N) is 1. The van der Waals surface area contributed by atoms with Gasteiger partial charge in [-0.3, -0.25) is 0 Å². The van der Waals surface area contributed by atoms with E-state index in [0.717, 1.165) is 0 Å². The van der Waals surface area contributed by atoms with Crippen molar-refractivity contribution in [2.75, 3.05) is 6.61 Å². The molecule has 1 aliphatic heterocycles. The van der Waals surface area contributed by atoms with E-state index < -0.39 is 11.9 Å². The van der Waals surface area contributed by atoms with Crippen LogP contribution in [0.5, 0.6) is 5.75 Å². The van der Waals surface area contributed by atoms with Crippen molar-refractivity contribution < 1.29 is 22.6 Å². The lowest BCUT2D eigenvalue weighted by molar-refractivity contribution is -0.274. The molecule has 0 unspecified atom stereocenters. The van der Waals surface area contributed by atoms with E-state index >= 15 is 0 Å². The molecule has 1 heterocycles. The number of benzene rings is 1. The summed E-state index contributed by atoms with van der Waals surface area (Å²) >= 11 is 0. The summed E-state index contributed by atoms with van der Waals surface area (Å²) in [4.78, 5) is 4.10. The molecule has 1 aromatic carbocycles. The Kier molecular flexibility index (Phi) is 2.84. The summed E-state index contributed by atoms with van der Waals surface area (Å²) in [5.41, 5.74) is 5.46. The maximum Gasteiger partial charge on any atom is 0.573 e. The number of aliphatic imine (C=N–C) groups is 1. The molecule has 98 valence electrons. The third-order valence-corrected chi connectivity index (χ3v) is 2.57. The van der Waals surface area contributed by atoms with Gasteiger partial charge in [-0.25, -0.2) is 4.99 Å². The monoisotopic (exact) mass is 260 g/mol. The van der Waals surface area contributed by atoms with E-state index in [-0.39, 0.29) is 18.4 Å². The number of nitrogens with zero attached hydrogens (tertiary/aromatic N) is 1. The van der Waals surface area contributed by atoms with Crippen LogP contribution in [0.3, 0.4) is 0 Å². The SMILES string of the molecule is C[C@]1(c2ccc(OC(F)(F)F)cc2)COC(N)=N1. The minimum Gasteiger partial charge on any atom is -0.462 e. The molecule has 0 saturated carbocycles. The lowest BCUT2D eigenvalue weighted by atomic mass is 9.94. The second kappa shape index (κ2) is 4.08. The van der Waals surface area contributed by atoms with Crippen LogP contribution in [0.1, 0.15) is 12.5 Å². The van der Waals surface area contributed by atoms with E-state index in [0.29, 0.717) is 5.56 Å². The Hall–Kier alpha value is -1.92. The molecular weight excluding hydrogens is 249 g/mol. The molecule has 2 N–H and O–H groups in total. The summed E-state index contributed by atoms with van der Waals surface area (Å²) in [5.74, 6) is -0.272. The maximum atomic E-state index is 12.0. The van der Waals surface area contributed by atoms with Crippen molar-refractivity contribution in [3.8, 4) is 5.75 Å². The molecule has 2 rings (SSSR count). The zero-order valence-corrected chi connectivity index (χ0v) is 9.49. The zero-order chi connectivity index (χ0) is 13.4. The van der Waals surface area contributed by atoms with E-state index in [1.165, 1.54) is 24.3 Å². The standard InChI is InChI=1S/C11H11F3N2O2/c1-10(6-17-9(15)16-10)7-2-4-8(5-3-7)18-11(12,13)14/h2-5H,6H2,1H3,(H2,15,16)/t10-/m1/s1. The van der Waals surface area contributed by atoms with Crippen molar-refractivity contribution in [1.82, 2.24) is 0 Å². The molecular formula is C11H11F3N2O2. The Morgan fingerprint density at radius 3 is 2.39 bits per heavy atom. The van der Waals surface area contributed by atoms with E-state index in [1.54, 1.807) is 6.92 Å². The van der Waals surface area contributed by atoms with Crippen molar-refractivity contribution >= 4 is 6.02 Å². The Bertz CT molecular complexity index is 470. The molecule has 1 aliphatic rings. The van der Waals surface area contributed by atoms with Gasteiger partial charge in [0.05, 0.1) is 0 Å². The van der Waals surface area contributed by atoms with Crippen molar-refractivity contribution in [2.45, 2.75) is 18.8 Å². The average Bonchev–Trinajstić information content (AvgIpc) is 2.58. The predicted molar refractivity (Wildman–Crippen MR) is 58.1 cm³/mol. The quantitative estimate of drug-likeness (QED) is 0.886. The predicted octanol–water partition coefficient (Wildman–Crippen LogP) is 2.15. The number of hydrogen-bond acceptors (Lipinski definition) is 4. The van der Waals surface area contributed by atoms with E-state index in [9.17, 15) is 13.2 Å². The smallest absolute Gasteiger partial charge is 0.462 e. The van der Waals surface area contributed by atoms with Crippen LogP contribution >= 0.6 is 0 Å². The van der Waals surface area contributed by atoms with Gasteiger partial charge in [-0.15, -0.1) is 13.2 Å². The number of alkyl halides is 3. The van der Waals surface area contributed by atoms with E-state index in [2.05, 4.69) is 9.73 Å². The lowest BCUT2D eigenvalue weighted by Gasteiger charge is -2.19. The molecule has 0 aromatic heterocycles. The van der Waals surface area contributed by atoms with Gasteiger partial charge in [-0.2, -0.15) is 0 Å². The molecule has 0 fully saturated rings. The van der Waals surface area contributed by atoms with Crippen molar-refractivity contribution in [3.05, 3.63) is 29.8 Å². The van der Waals surface area contributed by atoms with Gasteiger partial charge in [-0.05, 0) is 24.6 Å². The van der Waals surface area contributed by atoms with Gasteiger partial charge in [-0.1, -0.05) is 12.1 Å². The summed E-state index contributed by atoms with van der Waals surface area (Å²) in [6.07, 6.45) is -4.69. The van der Waals surface area contributed by atoms with Crippen LogP contribution < -0.4 is 10.5 Å². The highest BCUT2D eigenvalue weighted by Crippen LogP contribution is 2.31. The summed E-state index contributed by atoms with van der Waals surface area (Å²) in [5, 5.41) is 0. The lowest BCUT2D eigenvalue weighted by Crippen LogP contribution is -2.21. The van der Waals surface area contributed by atoms with Gasteiger partial charge in [0.25, 0.3) is 6.02 Å². The van der Waals surface area contributed by atoms with Crippen LogP contribution in [0.15, 0.2) is 29.3 Å². The number of amidine groups is 1. The summed E-state index contributed by atoms with van der Waals surface area (Å²) in [7, 11) is 0. The highest BCUT2D eigenvalue weighted by Gasteiger charge is 2.34. The van der Waals surface area contributed by atoms with E-state index in [4.69, 9.17) is 10.5 Å². The Morgan fingerprint density at radius 1 is 1.33 bits per heavy atom. The topological polar surface area (TPSA) is 56.8 Å². The molecule has 0 amide bonds. The van der Waals surface area contributed by atoms with Crippen molar-refractivity contribution in [1.29, 1.82) is 0 Å². The summed E-state index contributed by atoms with van der Waals surface area (Å²) in [6.45, 7) is 2.05. The first-order valence-corrected chi connectivity index (χ1v) is 5.13. The van der Waals surface area contributed by atoms with E-state index in [1.807, 2.05) is 0 Å². The fourth-order valence-corrected chi connectivity index (χ4v) is 1.69. The normalized spacial score (nSPS) is 23.4. The highest BCUT2D eigenvalue weighted by molar-refractivity contribution is 5.74. The minimum atomic E-state index is -4.69. The largest absolute Gasteiger partial charge is 0.573 e. The van der Waals surface area contributed by atoms with Gasteiger partial charge in [0.2, 0.25) is 0 Å². The second-order valence-electron chi connectivity index (χ2n) is 4.08. The van der Waals surface area contributed by atoms with Gasteiger partial charge < -0.3 is 15.2 Å². The zero-order valence-electron chi connectivity index (χ0n) is 9.49. The number of rotatable bonds is 2. The number of ether oxygens (including phenoxy) is 2. The van der Waals surface area contributed by atoms with Crippen LogP contribution in [0.25, 0.3) is 0 Å². The molecule has 1 aromatic rings. The molecule has 0 spiro atoms. The highest BCUT2D eigenvalue weighted by atomic mass is 19.4. The van der Waals surface area contributed by atoms with Crippen molar-refractivity contribution in [3.63, 3.8) is 0 Å². The Balaban J connectivity index is 2.18. The second-order valence-corrected chi connectivity index (χ2v) is 4.08. The molecule has 18 heavy (non-hydrogen) atoms. The first kappa shape index (κ1) is 12.5. The van der Waals surface area contributed by atoms with Gasteiger partial charge in [0.1, 0.15) is 17.9 Å². The van der Waals surface area contributed by atoms with Crippen LogP contribution in [0, 0.1) is 0 Å². The molecule has 0 bridgehead atoms. The fourth-order valence-electron chi connectivity index (χ4n) is 1.69. The minimum absolute atomic E-state index is 0.0770. The Morgan fingerprint density at radius 2 is 1.94 bits per heavy atom. The van der Waals surface area contributed by atoms with Crippen LogP contribution in [0.2, 0.25) is 0 Å². The van der Waals surface area contributed by atoms with Crippen LogP contribution in [-0.4, -0.2) is 19.0 Å². The van der Waals surface area contributed by atoms with Gasteiger partial charge in [0, 0.05) is 0 Å². The maximum absolute atomic E-state index is 12.0. The van der Waals surface area contributed by atoms with Crippen LogP contribution in [0.4, 0.5) is 13.2 Å². The molecule has 4 nitrogen and oxygen atoms in total. The summed E-state index contributed by atoms with van der Waals surface area (Å²) in [6, 6.07) is 5.56. The third-order valence-electron chi connectivity index (χ3n) is 2.57. The first-order valence-electron chi connectivity index (χ1n) is 5.13. The summed E-state index contributed by atoms with van der Waals surface area (Å²) < 4.78 is 44.8. The third kappa shape index (κ3) is 2.66. The average molecular weight is 260 g/mol. The molecule has 7 heteroatoms. The van der Waals surface area contributed by atoms with Gasteiger partial charge in [0.15, 0.2) is 0 Å². The molecule has 0 saturated heterocycles. The fraction of sp³-hybridized carbons (Fsp3) is 0.364. The Labute approximate surface area is 101 Å². The number of hydrogen-bond donors (Lipinski definition) is 1. The molecule has 0 radical (unpaired) electrons. The first-order chi connectivity index (χ1) is 8.28.